The van der Waals surface area contributed by atoms with Crippen molar-refractivity contribution >= 4 is 11.8 Å². The number of carbonyl (C=O) groups excluding carboxylic acids is 2. The Labute approximate surface area is 192 Å². The molecule has 1 N–H and O–H groups in total. The number of allylic oxidation sites excluding steroid dienone is 5. The molecule has 3 aliphatic rings. The quantitative estimate of drug-likeness (QED) is 0.443. The van der Waals surface area contributed by atoms with Gasteiger partial charge >= 0.3 is 5.97 Å². The highest BCUT2D eigenvalue weighted by Gasteiger charge is 2.51. The molecule has 5 heteroatoms. The van der Waals surface area contributed by atoms with Gasteiger partial charge in [-0.2, -0.15) is 0 Å². The lowest BCUT2D eigenvalue weighted by molar-refractivity contribution is -0.141. The summed E-state index contributed by atoms with van der Waals surface area (Å²) in [6.07, 6.45) is 12.7. The summed E-state index contributed by atoms with van der Waals surface area (Å²) < 4.78 is 11.6. The number of aliphatic hydroxyl groups excluding tert-OH is 1. The number of carbonyl (C=O) groups is 2. The van der Waals surface area contributed by atoms with Crippen LogP contribution in [-0.4, -0.2) is 35.2 Å². The zero-order chi connectivity index (χ0) is 23.7. The van der Waals surface area contributed by atoms with Crippen molar-refractivity contribution in [2.24, 2.45) is 17.3 Å². The molecule has 5 unspecified atom stereocenters. The number of ketones is 1. The van der Waals surface area contributed by atoms with Crippen LogP contribution in [0.25, 0.3) is 0 Å². The molecule has 0 aromatic heterocycles. The number of aliphatic hydroxyl groups is 1. The van der Waals surface area contributed by atoms with Gasteiger partial charge in [0.1, 0.15) is 0 Å². The maximum atomic E-state index is 13.3. The van der Waals surface area contributed by atoms with E-state index in [1.807, 2.05) is 13.8 Å². The average molecular weight is 443 g/mol. The number of hydrogen-bond acceptors (Lipinski definition) is 5. The van der Waals surface area contributed by atoms with E-state index < -0.39 is 5.41 Å². The molecule has 0 aromatic carbocycles. The fourth-order valence-electron chi connectivity index (χ4n) is 5.30. The van der Waals surface area contributed by atoms with E-state index in [9.17, 15) is 14.7 Å². The van der Waals surface area contributed by atoms with Gasteiger partial charge in [-0.25, -0.2) is 0 Å². The van der Waals surface area contributed by atoms with Crippen LogP contribution in [0.2, 0.25) is 0 Å². The molecule has 5 atom stereocenters. The number of hydrogen-bond donors (Lipinski definition) is 1. The fraction of sp³-hybridized carbons (Fsp3) is 0.630. The maximum Gasteiger partial charge on any atom is 0.302 e. The predicted molar refractivity (Wildman–Crippen MR) is 125 cm³/mol. The van der Waals surface area contributed by atoms with Crippen molar-refractivity contribution in [2.75, 3.05) is 6.61 Å². The van der Waals surface area contributed by atoms with Crippen LogP contribution in [0.4, 0.5) is 0 Å². The summed E-state index contributed by atoms with van der Waals surface area (Å²) in [5.41, 5.74) is 2.08. The molecule has 5 nitrogen and oxygen atoms in total. The van der Waals surface area contributed by atoms with E-state index in [4.69, 9.17) is 9.47 Å². The van der Waals surface area contributed by atoms with Gasteiger partial charge in [0.25, 0.3) is 0 Å². The van der Waals surface area contributed by atoms with Crippen molar-refractivity contribution in [1.82, 2.24) is 0 Å². The van der Waals surface area contributed by atoms with Crippen LogP contribution in [-0.2, 0) is 19.1 Å². The summed E-state index contributed by atoms with van der Waals surface area (Å²) in [6, 6.07) is 0. The van der Waals surface area contributed by atoms with Gasteiger partial charge < -0.3 is 14.6 Å². The topological polar surface area (TPSA) is 72.8 Å². The van der Waals surface area contributed by atoms with Crippen LogP contribution in [0.5, 0.6) is 0 Å². The largest absolute Gasteiger partial charge is 0.504 e. The van der Waals surface area contributed by atoms with E-state index in [1.165, 1.54) is 18.1 Å². The highest BCUT2D eigenvalue weighted by atomic mass is 16.5. The molecule has 176 valence electrons. The summed E-state index contributed by atoms with van der Waals surface area (Å²) in [6.45, 7) is 11.7. The molecule has 3 rings (SSSR count). The van der Waals surface area contributed by atoms with Crippen molar-refractivity contribution in [3.8, 4) is 0 Å². The minimum atomic E-state index is -0.735. The second kappa shape index (κ2) is 9.38. The fourth-order valence-corrected chi connectivity index (χ4v) is 5.30. The lowest BCUT2D eigenvalue weighted by Gasteiger charge is -2.32. The summed E-state index contributed by atoms with van der Waals surface area (Å²) in [7, 11) is 0. The van der Waals surface area contributed by atoms with Crippen LogP contribution in [0.15, 0.2) is 46.8 Å². The van der Waals surface area contributed by atoms with Crippen LogP contribution in [0.1, 0.15) is 73.6 Å². The first-order valence-corrected chi connectivity index (χ1v) is 11.8. The van der Waals surface area contributed by atoms with Crippen molar-refractivity contribution in [2.45, 2.75) is 85.4 Å². The highest BCUT2D eigenvalue weighted by molar-refractivity contribution is 6.02. The average Bonchev–Trinajstić information content (AvgIpc) is 3.20. The van der Waals surface area contributed by atoms with E-state index >= 15 is 0 Å². The second-order valence-corrected chi connectivity index (χ2v) is 10.3. The Kier molecular flexibility index (Phi) is 7.18. The second-order valence-electron chi connectivity index (χ2n) is 10.3. The lowest BCUT2D eigenvalue weighted by atomic mass is 9.70. The molecule has 1 fully saturated rings. The van der Waals surface area contributed by atoms with Gasteiger partial charge in [0.05, 0.1) is 18.3 Å². The normalized spacial score (nSPS) is 34.5. The van der Waals surface area contributed by atoms with Crippen LogP contribution in [0, 0.1) is 17.3 Å². The molecule has 0 spiro atoms. The summed E-state index contributed by atoms with van der Waals surface area (Å²) >= 11 is 0. The molecule has 1 saturated heterocycles. The van der Waals surface area contributed by atoms with Gasteiger partial charge in [-0.15, -0.1) is 0 Å². The third-order valence-corrected chi connectivity index (χ3v) is 7.50. The van der Waals surface area contributed by atoms with Crippen molar-refractivity contribution in [1.29, 1.82) is 0 Å². The standard InChI is InChI=1S/C27H38O5/c1-17-8-7-13-26(5)14-12-22(32-26)18(2)9-10-21-23(19(3)16-31-20(4)28)24(29)25(30)27(21,6)15-11-17/h7,9,11,13,19,21-22,29H,8,10,12,14-16H2,1-6H3. The van der Waals surface area contributed by atoms with Gasteiger partial charge in [0.15, 0.2) is 5.76 Å². The van der Waals surface area contributed by atoms with Gasteiger partial charge in [-0.1, -0.05) is 43.7 Å². The number of Topliss-reactive ketones (excluding diaryl/α,β-unsaturated/α-hetero) is 1. The predicted octanol–water partition coefficient (Wildman–Crippen LogP) is 5.77. The Balaban J connectivity index is 2.00. The minimum Gasteiger partial charge on any atom is -0.504 e. The summed E-state index contributed by atoms with van der Waals surface area (Å²) in [4.78, 5) is 24.7. The monoisotopic (exact) mass is 442 g/mol. The molecule has 2 bridgehead atoms. The van der Waals surface area contributed by atoms with E-state index in [1.54, 1.807) is 0 Å². The van der Waals surface area contributed by atoms with E-state index in [2.05, 4.69) is 45.1 Å². The Bertz CT molecular complexity index is 892. The molecule has 0 aromatic rings. The molecule has 32 heavy (non-hydrogen) atoms. The smallest absolute Gasteiger partial charge is 0.302 e. The Hall–Kier alpha value is -2.14. The minimum absolute atomic E-state index is 0.0621. The molecular weight excluding hydrogens is 404 g/mol. The zero-order valence-corrected chi connectivity index (χ0v) is 20.4. The number of rotatable bonds is 3. The molecular formula is C27H38O5. The molecule has 2 heterocycles. The SMILES string of the molecule is CC(=O)OCC(C)C1=C(O)C(=O)C2(C)CC=C(C)CC=CC3(C)CCC(O3)C(C)=CCC12. The highest BCUT2D eigenvalue weighted by Crippen LogP contribution is 2.51. The van der Waals surface area contributed by atoms with Gasteiger partial charge in [0.2, 0.25) is 5.78 Å². The first-order chi connectivity index (χ1) is 15.0. The molecule has 0 radical (unpaired) electrons. The Morgan fingerprint density at radius 3 is 2.72 bits per heavy atom. The third-order valence-electron chi connectivity index (χ3n) is 7.50. The van der Waals surface area contributed by atoms with Gasteiger partial charge in [0, 0.05) is 24.2 Å². The van der Waals surface area contributed by atoms with Crippen LogP contribution in [0.3, 0.4) is 0 Å². The van der Waals surface area contributed by atoms with E-state index in [-0.39, 0.29) is 47.7 Å². The van der Waals surface area contributed by atoms with Crippen molar-refractivity contribution in [3.05, 3.63) is 46.8 Å². The number of fused-ring (bicyclic) bond motifs is 3. The van der Waals surface area contributed by atoms with Crippen molar-refractivity contribution < 1.29 is 24.2 Å². The molecule has 2 aliphatic heterocycles. The number of ether oxygens (including phenoxy) is 2. The van der Waals surface area contributed by atoms with Gasteiger partial charge in [-0.05, 0) is 64.0 Å². The molecule has 0 amide bonds. The summed E-state index contributed by atoms with van der Waals surface area (Å²) in [5.74, 6) is -1.12. The van der Waals surface area contributed by atoms with E-state index in [0.717, 1.165) is 19.3 Å². The molecule has 0 saturated carbocycles. The first-order valence-electron chi connectivity index (χ1n) is 11.8. The Morgan fingerprint density at radius 1 is 1.31 bits per heavy atom. The van der Waals surface area contributed by atoms with Gasteiger partial charge in [-0.3, -0.25) is 9.59 Å². The maximum absolute atomic E-state index is 13.3. The summed E-state index contributed by atoms with van der Waals surface area (Å²) in [5, 5.41) is 10.9. The van der Waals surface area contributed by atoms with Crippen molar-refractivity contribution in [3.63, 3.8) is 0 Å². The van der Waals surface area contributed by atoms with Crippen LogP contribution >= 0.6 is 0 Å². The lowest BCUT2D eigenvalue weighted by Crippen LogP contribution is -2.32. The zero-order valence-electron chi connectivity index (χ0n) is 20.4. The van der Waals surface area contributed by atoms with Crippen LogP contribution < -0.4 is 0 Å². The molecule has 1 aliphatic carbocycles. The first kappa shape index (κ1) is 24.5. The van der Waals surface area contributed by atoms with E-state index in [0.29, 0.717) is 18.4 Å². The Morgan fingerprint density at radius 2 is 2.03 bits per heavy atom. The number of esters is 1. The third kappa shape index (κ3) is 4.93.